The summed E-state index contributed by atoms with van der Waals surface area (Å²) in [5, 5.41) is 13.8. The second-order valence-electron chi connectivity index (χ2n) is 5.87. The van der Waals surface area contributed by atoms with Gasteiger partial charge in [0, 0.05) is 32.4 Å². The minimum atomic E-state index is -0.546. The number of rotatable bonds is 7. The van der Waals surface area contributed by atoms with E-state index in [2.05, 4.69) is 29.3 Å². The monoisotopic (exact) mass is 314 g/mol. The first-order chi connectivity index (χ1) is 11.0. The van der Waals surface area contributed by atoms with Crippen molar-refractivity contribution in [2.75, 3.05) is 32.6 Å². The molecule has 0 aliphatic carbocycles. The zero-order chi connectivity index (χ0) is 16.8. The number of aliphatic hydroxyl groups excluding tert-OH is 1. The summed E-state index contributed by atoms with van der Waals surface area (Å²) in [4.78, 5) is 2.10. The van der Waals surface area contributed by atoms with Crippen molar-refractivity contribution in [3.63, 3.8) is 0 Å². The molecule has 0 heterocycles. The zero-order valence-corrected chi connectivity index (χ0v) is 14.3. The third-order valence-corrected chi connectivity index (χ3v) is 4.00. The first-order valence-corrected chi connectivity index (χ1v) is 7.84. The third-order valence-electron chi connectivity index (χ3n) is 4.00. The molecule has 2 rings (SSSR count). The van der Waals surface area contributed by atoms with E-state index in [1.165, 1.54) is 11.3 Å². The van der Waals surface area contributed by atoms with Crippen LogP contribution in [0, 0.1) is 0 Å². The van der Waals surface area contributed by atoms with E-state index in [9.17, 15) is 5.11 Å². The molecule has 0 aromatic heterocycles. The van der Waals surface area contributed by atoms with Gasteiger partial charge in [0.05, 0.1) is 13.2 Å². The van der Waals surface area contributed by atoms with E-state index in [0.29, 0.717) is 6.54 Å². The summed E-state index contributed by atoms with van der Waals surface area (Å²) >= 11 is 0. The summed E-state index contributed by atoms with van der Waals surface area (Å²) in [6, 6.07) is 16.0. The number of methoxy groups -OCH3 is 1. The Bertz CT molecular complexity index is 611. The molecule has 4 nitrogen and oxygen atoms in total. The third kappa shape index (κ3) is 4.47. The quantitative estimate of drug-likeness (QED) is 0.824. The molecule has 124 valence electrons. The Morgan fingerprint density at radius 2 is 1.74 bits per heavy atom. The number of benzene rings is 2. The van der Waals surface area contributed by atoms with E-state index in [1.54, 1.807) is 7.11 Å². The van der Waals surface area contributed by atoms with Gasteiger partial charge >= 0.3 is 0 Å². The minimum Gasteiger partial charge on any atom is -0.497 e. The maximum absolute atomic E-state index is 10.3. The molecule has 4 heteroatoms. The Labute approximate surface area is 138 Å². The molecule has 0 saturated heterocycles. The largest absolute Gasteiger partial charge is 0.497 e. The first kappa shape index (κ1) is 17.3. The normalized spacial score (nSPS) is 13.4. The van der Waals surface area contributed by atoms with Crippen LogP contribution in [-0.2, 0) is 0 Å². The molecule has 2 atom stereocenters. The van der Waals surface area contributed by atoms with Crippen LogP contribution in [0.1, 0.15) is 30.2 Å². The first-order valence-electron chi connectivity index (χ1n) is 7.84. The van der Waals surface area contributed by atoms with E-state index in [4.69, 9.17) is 4.74 Å². The van der Waals surface area contributed by atoms with Crippen LogP contribution in [0.5, 0.6) is 5.75 Å². The molecule has 23 heavy (non-hydrogen) atoms. The molecule has 0 fully saturated rings. The van der Waals surface area contributed by atoms with Crippen LogP contribution in [0.15, 0.2) is 48.5 Å². The average Bonchev–Trinajstić information content (AvgIpc) is 2.59. The van der Waals surface area contributed by atoms with E-state index < -0.39 is 6.10 Å². The number of aliphatic hydroxyl groups is 1. The maximum Gasteiger partial charge on any atom is 0.118 e. The lowest BCUT2D eigenvalue weighted by molar-refractivity contribution is 0.170. The van der Waals surface area contributed by atoms with E-state index >= 15 is 0 Å². The van der Waals surface area contributed by atoms with Crippen molar-refractivity contribution in [2.24, 2.45) is 0 Å². The lowest BCUT2D eigenvalue weighted by Gasteiger charge is -2.23. The van der Waals surface area contributed by atoms with Crippen LogP contribution < -0.4 is 15.0 Å². The smallest absolute Gasteiger partial charge is 0.118 e. The van der Waals surface area contributed by atoms with Crippen LogP contribution >= 0.6 is 0 Å². The summed E-state index contributed by atoms with van der Waals surface area (Å²) in [5.41, 5.74) is 3.29. The summed E-state index contributed by atoms with van der Waals surface area (Å²) in [6.45, 7) is 2.61. The van der Waals surface area contributed by atoms with E-state index in [0.717, 1.165) is 11.3 Å². The standard InChI is InChI=1S/C19H26N2O2/c1-14(17-7-5-6-8-18(17)21(2)3)20-13-19(22)15-9-11-16(23-4)12-10-15/h5-12,14,19-20,22H,13H2,1-4H3. The molecule has 0 bridgehead atoms. The molecule has 0 spiro atoms. The predicted molar refractivity (Wildman–Crippen MR) is 95.1 cm³/mol. The molecule has 2 aromatic carbocycles. The Kier molecular flexibility index (Phi) is 6.02. The second kappa shape index (κ2) is 7.99. The molecule has 0 radical (unpaired) electrons. The van der Waals surface area contributed by atoms with Crippen molar-refractivity contribution >= 4 is 5.69 Å². The Morgan fingerprint density at radius 3 is 2.35 bits per heavy atom. The van der Waals surface area contributed by atoms with Crippen LogP contribution in [0.4, 0.5) is 5.69 Å². The van der Waals surface area contributed by atoms with Gasteiger partial charge in [0.1, 0.15) is 5.75 Å². The van der Waals surface area contributed by atoms with Gasteiger partial charge in [-0.1, -0.05) is 30.3 Å². The molecule has 2 unspecified atom stereocenters. The van der Waals surface area contributed by atoms with Crippen molar-refractivity contribution in [3.05, 3.63) is 59.7 Å². The number of para-hydroxylation sites is 1. The van der Waals surface area contributed by atoms with Crippen molar-refractivity contribution in [2.45, 2.75) is 19.1 Å². The van der Waals surface area contributed by atoms with Crippen molar-refractivity contribution in [3.8, 4) is 5.75 Å². The second-order valence-corrected chi connectivity index (χ2v) is 5.87. The average molecular weight is 314 g/mol. The molecule has 0 aliphatic rings. The van der Waals surface area contributed by atoms with Crippen molar-refractivity contribution in [1.29, 1.82) is 0 Å². The van der Waals surface area contributed by atoms with Gasteiger partial charge in [-0.15, -0.1) is 0 Å². The van der Waals surface area contributed by atoms with Gasteiger partial charge < -0.3 is 20.1 Å². The van der Waals surface area contributed by atoms with Gasteiger partial charge in [-0.2, -0.15) is 0 Å². The van der Waals surface area contributed by atoms with Crippen LogP contribution in [0.2, 0.25) is 0 Å². The Balaban J connectivity index is 1.99. The van der Waals surface area contributed by atoms with Gasteiger partial charge in [0.2, 0.25) is 0 Å². The molecule has 2 N–H and O–H groups in total. The van der Waals surface area contributed by atoms with Crippen LogP contribution in [0.3, 0.4) is 0 Å². The number of hydrogen-bond donors (Lipinski definition) is 2. The molecular formula is C19H26N2O2. The number of ether oxygens (including phenoxy) is 1. The van der Waals surface area contributed by atoms with Gasteiger partial charge in [-0.05, 0) is 36.2 Å². The zero-order valence-electron chi connectivity index (χ0n) is 14.3. The molecular weight excluding hydrogens is 288 g/mol. The van der Waals surface area contributed by atoms with Crippen LogP contribution in [0.25, 0.3) is 0 Å². The van der Waals surface area contributed by atoms with E-state index in [-0.39, 0.29) is 6.04 Å². The summed E-state index contributed by atoms with van der Waals surface area (Å²) in [7, 11) is 5.71. The fraction of sp³-hybridized carbons (Fsp3) is 0.368. The van der Waals surface area contributed by atoms with Gasteiger partial charge in [-0.25, -0.2) is 0 Å². The molecule has 0 amide bonds. The maximum atomic E-state index is 10.3. The highest BCUT2D eigenvalue weighted by Gasteiger charge is 2.14. The number of nitrogens with one attached hydrogen (secondary N) is 1. The van der Waals surface area contributed by atoms with Crippen LogP contribution in [-0.4, -0.2) is 32.9 Å². The van der Waals surface area contributed by atoms with Gasteiger partial charge in [0.15, 0.2) is 0 Å². The fourth-order valence-corrected chi connectivity index (χ4v) is 2.60. The number of nitrogens with zero attached hydrogens (tertiary/aromatic N) is 1. The lowest BCUT2D eigenvalue weighted by atomic mass is 10.0. The minimum absolute atomic E-state index is 0.154. The topological polar surface area (TPSA) is 44.7 Å². The number of hydrogen-bond acceptors (Lipinski definition) is 4. The highest BCUT2D eigenvalue weighted by atomic mass is 16.5. The lowest BCUT2D eigenvalue weighted by Crippen LogP contribution is -2.26. The Hall–Kier alpha value is -2.04. The van der Waals surface area contributed by atoms with Gasteiger partial charge in [0.25, 0.3) is 0 Å². The fourth-order valence-electron chi connectivity index (χ4n) is 2.60. The molecule has 2 aromatic rings. The predicted octanol–water partition coefficient (Wildman–Crippen LogP) is 3.15. The SMILES string of the molecule is COc1ccc(C(O)CNC(C)c2ccccc2N(C)C)cc1. The molecule has 0 saturated carbocycles. The Morgan fingerprint density at radius 1 is 1.09 bits per heavy atom. The number of anilines is 1. The highest BCUT2D eigenvalue weighted by Crippen LogP contribution is 2.25. The van der Waals surface area contributed by atoms with Crippen molar-refractivity contribution < 1.29 is 9.84 Å². The van der Waals surface area contributed by atoms with Gasteiger partial charge in [-0.3, -0.25) is 0 Å². The van der Waals surface area contributed by atoms with Crippen molar-refractivity contribution in [1.82, 2.24) is 5.32 Å². The summed E-state index contributed by atoms with van der Waals surface area (Å²) < 4.78 is 5.14. The highest BCUT2D eigenvalue weighted by molar-refractivity contribution is 5.53. The molecule has 0 aliphatic heterocycles. The summed E-state index contributed by atoms with van der Waals surface area (Å²) in [6.07, 6.45) is -0.546. The summed E-state index contributed by atoms with van der Waals surface area (Å²) in [5.74, 6) is 0.794. The van der Waals surface area contributed by atoms with E-state index in [1.807, 2.05) is 50.5 Å².